The number of halogens is 3. The summed E-state index contributed by atoms with van der Waals surface area (Å²) < 4.78 is 0. The van der Waals surface area contributed by atoms with E-state index in [1.54, 1.807) is 17.0 Å². The lowest BCUT2D eigenvalue weighted by Gasteiger charge is -2.51. The maximum atomic E-state index is 13.5. The van der Waals surface area contributed by atoms with E-state index in [0.717, 1.165) is 5.56 Å². The van der Waals surface area contributed by atoms with E-state index in [1.807, 2.05) is 39.8 Å². The van der Waals surface area contributed by atoms with Crippen LogP contribution in [0.25, 0.3) is 0 Å². The van der Waals surface area contributed by atoms with Gasteiger partial charge in [0.15, 0.2) is 0 Å². The quantitative estimate of drug-likeness (QED) is 0.556. The second-order valence-corrected chi connectivity index (χ2v) is 10.7. The molecule has 0 saturated carbocycles. The third-order valence-electron chi connectivity index (χ3n) is 6.36. The number of aromatic nitrogens is 1. The van der Waals surface area contributed by atoms with E-state index in [4.69, 9.17) is 34.8 Å². The third kappa shape index (κ3) is 5.29. The minimum Gasteiger partial charge on any atom is -0.384 e. The van der Waals surface area contributed by atoms with Gasteiger partial charge in [-0.05, 0) is 36.1 Å². The standard InChI is InChI=1S/C24H28Cl3N3O3/c1-14(2)19(29-21(31)15-11-18(26)20(27)28-12-15)22(32)30-10-9-24(33,23(3,4)13-30)16-5-7-17(25)8-6-16/h5-8,11-12,14,19,33H,9-10,13H2,1-4H3,(H,29,31). The number of nitrogens with one attached hydrogen (secondary N) is 1. The second kappa shape index (κ2) is 9.79. The molecule has 6 nitrogen and oxygen atoms in total. The average Bonchev–Trinajstić information content (AvgIpc) is 2.75. The lowest BCUT2D eigenvalue weighted by atomic mass is 9.66. The van der Waals surface area contributed by atoms with Crippen LogP contribution in [0.15, 0.2) is 36.5 Å². The Hall–Kier alpha value is -1.86. The van der Waals surface area contributed by atoms with Crippen molar-refractivity contribution in [1.29, 1.82) is 0 Å². The minimum absolute atomic E-state index is 0.105. The fourth-order valence-corrected chi connectivity index (χ4v) is 4.65. The molecule has 2 aromatic rings. The summed E-state index contributed by atoms with van der Waals surface area (Å²) >= 11 is 17.8. The molecule has 1 aliphatic heterocycles. The smallest absolute Gasteiger partial charge is 0.253 e. The van der Waals surface area contributed by atoms with Gasteiger partial charge in [-0.15, -0.1) is 0 Å². The van der Waals surface area contributed by atoms with E-state index in [2.05, 4.69) is 10.3 Å². The summed E-state index contributed by atoms with van der Waals surface area (Å²) in [7, 11) is 0. The molecular weight excluding hydrogens is 485 g/mol. The van der Waals surface area contributed by atoms with Gasteiger partial charge in [-0.25, -0.2) is 4.98 Å². The number of carbonyl (C=O) groups is 2. The first-order chi connectivity index (χ1) is 15.4. The Morgan fingerprint density at radius 3 is 2.33 bits per heavy atom. The molecule has 178 valence electrons. The van der Waals surface area contributed by atoms with Crippen LogP contribution in [0, 0.1) is 11.3 Å². The van der Waals surface area contributed by atoms with Crippen molar-refractivity contribution < 1.29 is 14.7 Å². The van der Waals surface area contributed by atoms with Crippen LogP contribution in [0.2, 0.25) is 15.2 Å². The number of piperidine rings is 1. The van der Waals surface area contributed by atoms with Crippen molar-refractivity contribution in [2.24, 2.45) is 11.3 Å². The van der Waals surface area contributed by atoms with Crippen LogP contribution < -0.4 is 5.32 Å². The van der Waals surface area contributed by atoms with Gasteiger partial charge in [0.1, 0.15) is 11.2 Å². The van der Waals surface area contributed by atoms with Gasteiger partial charge >= 0.3 is 0 Å². The molecule has 0 aliphatic carbocycles. The van der Waals surface area contributed by atoms with E-state index in [9.17, 15) is 14.7 Å². The molecule has 3 rings (SSSR count). The molecule has 0 bridgehead atoms. The summed E-state index contributed by atoms with van der Waals surface area (Å²) in [6.07, 6.45) is 1.69. The maximum absolute atomic E-state index is 13.5. The van der Waals surface area contributed by atoms with Crippen molar-refractivity contribution >= 4 is 46.6 Å². The van der Waals surface area contributed by atoms with E-state index in [0.29, 0.717) is 24.5 Å². The predicted octanol–water partition coefficient (Wildman–Crippen LogP) is 4.94. The van der Waals surface area contributed by atoms with Crippen LogP contribution in [0.5, 0.6) is 0 Å². The number of likely N-dealkylation sites (tertiary alicyclic amines) is 1. The Kier molecular flexibility index (Phi) is 7.64. The Balaban J connectivity index is 1.77. The van der Waals surface area contributed by atoms with Crippen LogP contribution in [-0.4, -0.2) is 45.9 Å². The van der Waals surface area contributed by atoms with Crippen molar-refractivity contribution in [2.45, 2.75) is 45.8 Å². The topological polar surface area (TPSA) is 82.5 Å². The molecule has 9 heteroatoms. The molecule has 1 fully saturated rings. The predicted molar refractivity (Wildman–Crippen MR) is 131 cm³/mol. The zero-order valence-corrected chi connectivity index (χ0v) is 21.3. The first kappa shape index (κ1) is 25.8. The fraction of sp³-hybridized carbons (Fsp3) is 0.458. The first-order valence-corrected chi connectivity index (χ1v) is 11.9. The van der Waals surface area contributed by atoms with Gasteiger partial charge < -0.3 is 15.3 Å². The number of aliphatic hydroxyl groups is 1. The van der Waals surface area contributed by atoms with Crippen LogP contribution >= 0.6 is 34.8 Å². The molecule has 33 heavy (non-hydrogen) atoms. The number of benzene rings is 1. The third-order valence-corrected chi connectivity index (χ3v) is 7.30. The Morgan fingerprint density at radius 2 is 1.79 bits per heavy atom. The Labute approximate surface area is 209 Å². The fourth-order valence-electron chi connectivity index (χ4n) is 4.25. The molecule has 1 aliphatic rings. The number of carbonyl (C=O) groups excluding carboxylic acids is 2. The van der Waals surface area contributed by atoms with E-state index < -0.39 is 23.0 Å². The van der Waals surface area contributed by atoms with Crippen LogP contribution in [0.4, 0.5) is 0 Å². The van der Waals surface area contributed by atoms with Crippen molar-refractivity contribution in [3.05, 3.63) is 62.9 Å². The van der Waals surface area contributed by atoms with E-state index >= 15 is 0 Å². The van der Waals surface area contributed by atoms with Crippen molar-refractivity contribution in [1.82, 2.24) is 15.2 Å². The summed E-state index contributed by atoms with van der Waals surface area (Å²) in [5.74, 6) is -0.808. The maximum Gasteiger partial charge on any atom is 0.253 e. The number of nitrogens with zero attached hydrogens (tertiary/aromatic N) is 2. The van der Waals surface area contributed by atoms with E-state index in [-0.39, 0.29) is 27.6 Å². The molecule has 0 radical (unpaired) electrons. The number of amides is 2. The van der Waals surface area contributed by atoms with Crippen molar-refractivity contribution in [3.63, 3.8) is 0 Å². The highest BCUT2D eigenvalue weighted by atomic mass is 35.5. The van der Waals surface area contributed by atoms with Gasteiger partial charge in [0.2, 0.25) is 5.91 Å². The van der Waals surface area contributed by atoms with Crippen LogP contribution in [0.3, 0.4) is 0 Å². The largest absolute Gasteiger partial charge is 0.384 e. The highest BCUT2D eigenvalue weighted by Gasteiger charge is 2.50. The number of hydrogen-bond acceptors (Lipinski definition) is 4. The molecular formula is C24H28Cl3N3O3. The molecule has 0 spiro atoms. The SMILES string of the molecule is CC(C)C(NC(=O)c1cnc(Cl)c(Cl)c1)C(=O)N1CCC(O)(c2ccc(Cl)cc2)C(C)(C)C1. The normalized spacial score (nSPS) is 21.1. The Bertz CT molecular complexity index is 1040. The van der Waals surface area contributed by atoms with Gasteiger partial charge in [0.25, 0.3) is 5.91 Å². The number of rotatable bonds is 5. The molecule has 1 aromatic heterocycles. The highest BCUT2D eigenvalue weighted by molar-refractivity contribution is 6.41. The average molecular weight is 513 g/mol. The summed E-state index contributed by atoms with van der Waals surface area (Å²) in [5, 5.41) is 15.2. The van der Waals surface area contributed by atoms with E-state index in [1.165, 1.54) is 12.3 Å². The molecule has 2 amide bonds. The summed E-state index contributed by atoms with van der Waals surface area (Å²) in [5.41, 5.74) is -0.756. The lowest BCUT2D eigenvalue weighted by Crippen LogP contribution is -2.60. The molecule has 2 unspecified atom stereocenters. The molecule has 2 N–H and O–H groups in total. The second-order valence-electron chi connectivity index (χ2n) is 9.45. The van der Waals surface area contributed by atoms with Gasteiger partial charge in [-0.2, -0.15) is 0 Å². The number of hydrogen-bond donors (Lipinski definition) is 2. The van der Waals surface area contributed by atoms with Gasteiger partial charge in [0, 0.05) is 29.7 Å². The zero-order valence-electron chi connectivity index (χ0n) is 19.0. The first-order valence-electron chi connectivity index (χ1n) is 10.7. The minimum atomic E-state index is -1.11. The lowest BCUT2D eigenvalue weighted by molar-refractivity contribution is -0.155. The van der Waals surface area contributed by atoms with Crippen LogP contribution in [0.1, 0.15) is 50.0 Å². The van der Waals surface area contributed by atoms with Gasteiger partial charge in [0.05, 0.1) is 16.2 Å². The molecule has 1 saturated heterocycles. The molecule has 2 atom stereocenters. The van der Waals surface area contributed by atoms with Crippen molar-refractivity contribution in [3.8, 4) is 0 Å². The summed E-state index contributed by atoms with van der Waals surface area (Å²) in [6, 6.07) is 7.83. The molecule has 2 heterocycles. The molecule has 1 aromatic carbocycles. The monoisotopic (exact) mass is 511 g/mol. The highest BCUT2D eigenvalue weighted by Crippen LogP contribution is 2.46. The zero-order chi connectivity index (χ0) is 24.6. The van der Waals surface area contributed by atoms with Gasteiger partial charge in [-0.1, -0.05) is 74.6 Å². The van der Waals surface area contributed by atoms with Gasteiger partial charge in [-0.3, -0.25) is 9.59 Å². The Morgan fingerprint density at radius 1 is 1.15 bits per heavy atom. The van der Waals surface area contributed by atoms with Crippen molar-refractivity contribution in [2.75, 3.05) is 13.1 Å². The summed E-state index contributed by atoms with van der Waals surface area (Å²) in [4.78, 5) is 31.8. The number of pyridine rings is 1. The van der Waals surface area contributed by atoms with Crippen LogP contribution in [-0.2, 0) is 10.4 Å². The summed E-state index contributed by atoms with van der Waals surface area (Å²) in [6.45, 7) is 8.30.